The van der Waals surface area contributed by atoms with Crippen LogP contribution in [0, 0.1) is 6.92 Å². The van der Waals surface area contributed by atoms with Gasteiger partial charge in [-0.1, -0.05) is 13.0 Å². The van der Waals surface area contributed by atoms with Crippen LogP contribution in [0.1, 0.15) is 28.9 Å². The van der Waals surface area contributed by atoms with E-state index < -0.39 is 0 Å². The molecule has 0 saturated carbocycles. The highest BCUT2D eigenvalue weighted by molar-refractivity contribution is 7.15. The number of anilines is 1. The van der Waals surface area contributed by atoms with Crippen LogP contribution in [0.3, 0.4) is 0 Å². The van der Waals surface area contributed by atoms with E-state index in [0.29, 0.717) is 6.54 Å². The van der Waals surface area contributed by atoms with E-state index in [0.717, 1.165) is 35.2 Å². The zero-order valence-electron chi connectivity index (χ0n) is 11.7. The molecule has 0 radical (unpaired) electrons. The van der Waals surface area contributed by atoms with Gasteiger partial charge in [-0.05, 0) is 25.5 Å². The molecule has 0 atom stereocenters. The summed E-state index contributed by atoms with van der Waals surface area (Å²) < 4.78 is 0. The Kier molecular flexibility index (Phi) is 4.50. The highest BCUT2D eigenvalue weighted by atomic mass is 32.1. The second-order valence-corrected chi connectivity index (χ2v) is 5.61. The smallest absolute Gasteiger partial charge is 0.185 e. The third-order valence-corrected chi connectivity index (χ3v) is 4.19. The maximum absolute atomic E-state index is 5.75. The number of aryl methyl sites for hydroxylation is 2. The first kappa shape index (κ1) is 14.0. The number of aromatic nitrogens is 2. The van der Waals surface area contributed by atoms with Crippen LogP contribution in [-0.2, 0) is 19.5 Å². The Morgan fingerprint density at radius 1 is 1.32 bits per heavy atom. The largest absolute Gasteiger partial charge is 0.345 e. The van der Waals surface area contributed by atoms with Crippen molar-refractivity contribution in [3.63, 3.8) is 0 Å². The molecule has 102 valence electrons. The Balaban J connectivity index is 2.15. The third-order valence-electron chi connectivity index (χ3n) is 2.96. The average Bonchev–Trinajstić information content (AvgIpc) is 2.82. The molecule has 19 heavy (non-hydrogen) atoms. The number of rotatable bonds is 5. The second kappa shape index (κ2) is 6.12. The Labute approximate surface area is 118 Å². The molecule has 2 aromatic heterocycles. The molecule has 4 nitrogen and oxygen atoms in total. The van der Waals surface area contributed by atoms with Gasteiger partial charge in [0.25, 0.3) is 0 Å². The molecule has 0 saturated heterocycles. The lowest BCUT2D eigenvalue weighted by atomic mass is 10.3. The van der Waals surface area contributed by atoms with Crippen molar-refractivity contribution >= 4 is 16.5 Å². The summed E-state index contributed by atoms with van der Waals surface area (Å²) in [7, 11) is 2.04. The first-order valence-corrected chi connectivity index (χ1v) is 7.28. The molecule has 0 aromatic carbocycles. The Hall–Kier alpha value is -1.46. The van der Waals surface area contributed by atoms with E-state index in [1.54, 1.807) is 11.3 Å². The van der Waals surface area contributed by atoms with Crippen LogP contribution in [0.25, 0.3) is 0 Å². The number of hydrogen-bond donors (Lipinski definition) is 1. The molecule has 0 aliphatic rings. The van der Waals surface area contributed by atoms with Crippen molar-refractivity contribution in [2.75, 3.05) is 11.9 Å². The molecule has 2 heterocycles. The van der Waals surface area contributed by atoms with Crippen LogP contribution in [0.2, 0.25) is 0 Å². The summed E-state index contributed by atoms with van der Waals surface area (Å²) in [6.45, 7) is 5.45. The van der Waals surface area contributed by atoms with Gasteiger partial charge in [0.05, 0.1) is 17.9 Å². The van der Waals surface area contributed by atoms with Crippen molar-refractivity contribution in [3.05, 3.63) is 40.2 Å². The molecule has 0 unspecified atom stereocenters. The lowest BCUT2D eigenvalue weighted by Crippen LogP contribution is -2.17. The monoisotopic (exact) mass is 276 g/mol. The predicted octanol–water partition coefficient (Wildman–Crippen LogP) is 2.50. The summed E-state index contributed by atoms with van der Waals surface area (Å²) in [6.07, 6.45) is 0.930. The van der Waals surface area contributed by atoms with Crippen LogP contribution >= 0.6 is 11.3 Å². The summed E-state index contributed by atoms with van der Waals surface area (Å²) in [6, 6.07) is 6.09. The van der Waals surface area contributed by atoms with Crippen molar-refractivity contribution in [2.24, 2.45) is 5.73 Å². The molecule has 5 heteroatoms. The van der Waals surface area contributed by atoms with Crippen molar-refractivity contribution in [1.82, 2.24) is 9.97 Å². The van der Waals surface area contributed by atoms with Crippen molar-refractivity contribution in [2.45, 2.75) is 33.4 Å². The zero-order valence-corrected chi connectivity index (χ0v) is 12.5. The second-order valence-electron chi connectivity index (χ2n) is 4.55. The minimum Gasteiger partial charge on any atom is -0.345 e. The Bertz CT molecular complexity index is 529. The van der Waals surface area contributed by atoms with E-state index in [2.05, 4.69) is 21.8 Å². The van der Waals surface area contributed by atoms with E-state index in [1.807, 2.05) is 32.2 Å². The lowest BCUT2D eigenvalue weighted by Gasteiger charge is -2.15. The van der Waals surface area contributed by atoms with Crippen LogP contribution < -0.4 is 10.6 Å². The molecule has 0 amide bonds. The topological polar surface area (TPSA) is 55.0 Å². The molecule has 0 fully saturated rings. The van der Waals surface area contributed by atoms with Gasteiger partial charge in [0.15, 0.2) is 5.13 Å². The summed E-state index contributed by atoms with van der Waals surface area (Å²) in [5.74, 6) is 0. The fraction of sp³-hybridized carbons (Fsp3) is 0.429. The lowest BCUT2D eigenvalue weighted by molar-refractivity contribution is 0.864. The minimum atomic E-state index is 0.567. The maximum Gasteiger partial charge on any atom is 0.185 e. The standard InChI is InChI=1S/C14H20N4S/c1-4-12-13(8-15)19-14(17-12)18(3)9-11-7-5-6-10(2)16-11/h5-7H,4,8-9,15H2,1-3H3. The first-order chi connectivity index (χ1) is 9.13. The van der Waals surface area contributed by atoms with Gasteiger partial charge < -0.3 is 10.6 Å². The molecular weight excluding hydrogens is 256 g/mol. The minimum absolute atomic E-state index is 0.567. The quantitative estimate of drug-likeness (QED) is 0.911. The fourth-order valence-corrected chi connectivity index (χ4v) is 2.95. The van der Waals surface area contributed by atoms with Gasteiger partial charge in [0.1, 0.15) is 0 Å². The van der Waals surface area contributed by atoms with Gasteiger partial charge in [0, 0.05) is 24.2 Å². The average molecular weight is 276 g/mol. The van der Waals surface area contributed by atoms with Gasteiger partial charge in [-0.3, -0.25) is 4.98 Å². The van der Waals surface area contributed by atoms with Gasteiger partial charge in [0.2, 0.25) is 0 Å². The molecule has 0 bridgehead atoms. The third kappa shape index (κ3) is 3.30. The summed E-state index contributed by atoms with van der Waals surface area (Å²) in [5.41, 5.74) is 8.97. The highest BCUT2D eigenvalue weighted by Gasteiger charge is 2.12. The SMILES string of the molecule is CCc1nc(N(C)Cc2cccc(C)n2)sc1CN. The van der Waals surface area contributed by atoms with E-state index in [-0.39, 0.29) is 0 Å². The summed E-state index contributed by atoms with van der Waals surface area (Å²) in [4.78, 5) is 12.5. The van der Waals surface area contributed by atoms with Crippen LogP contribution in [-0.4, -0.2) is 17.0 Å². The van der Waals surface area contributed by atoms with Crippen molar-refractivity contribution < 1.29 is 0 Å². The molecule has 2 N–H and O–H groups in total. The molecule has 2 aromatic rings. The maximum atomic E-state index is 5.75. The number of nitrogens with two attached hydrogens (primary N) is 1. The number of pyridine rings is 1. The number of nitrogens with zero attached hydrogens (tertiary/aromatic N) is 3. The normalized spacial score (nSPS) is 10.7. The Morgan fingerprint density at radius 2 is 2.11 bits per heavy atom. The Morgan fingerprint density at radius 3 is 2.68 bits per heavy atom. The fourth-order valence-electron chi connectivity index (χ4n) is 1.97. The molecular formula is C14H20N4S. The molecule has 2 rings (SSSR count). The van der Waals surface area contributed by atoms with Crippen LogP contribution in [0.4, 0.5) is 5.13 Å². The van der Waals surface area contributed by atoms with E-state index in [4.69, 9.17) is 5.73 Å². The van der Waals surface area contributed by atoms with Gasteiger partial charge in [-0.25, -0.2) is 4.98 Å². The van der Waals surface area contributed by atoms with Crippen molar-refractivity contribution in [3.8, 4) is 0 Å². The van der Waals surface area contributed by atoms with Gasteiger partial charge >= 0.3 is 0 Å². The van der Waals surface area contributed by atoms with Crippen LogP contribution in [0.5, 0.6) is 0 Å². The van der Waals surface area contributed by atoms with E-state index in [1.165, 1.54) is 4.88 Å². The highest BCUT2D eigenvalue weighted by Crippen LogP contribution is 2.26. The van der Waals surface area contributed by atoms with Gasteiger partial charge in [-0.2, -0.15) is 0 Å². The van der Waals surface area contributed by atoms with E-state index in [9.17, 15) is 0 Å². The molecule has 0 aliphatic heterocycles. The van der Waals surface area contributed by atoms with Gasteiger partial charge in [-0.15, -0.1) is 11.3 Å². The number of thiazole rings is 1. The van der Waals surface area contributed by atoms with E-state index >= 15 is 0 Å². The summed E-state index contributed by atoms with van der Waals surface area (Å²) in [5, 5.41) is 1.01. The molecule has 0 spiro atoms. The zero-order chi connectivity index (χ0) is 13.8. The summed E-state index contributed by atoms with van der Waals surface area (Å²) >= 11 is 1.68. The number of hydrogen-bond acceptors (Lipinski definition) is 5. The first-order valence-electron chi connectivity index (χ1n) is 6.46. The van der Waals surface area contributed by atoms with Crippen LogP contribution in [0.15, 0.2) is 18.2 Å². The molecule has 0 aliphatic carbocycles. The predicted molar refractivity (Wildman–Crippen MR) is 80.5 cm³/mol. The van der Waals surface area contributed by atoms with Crippen molar-refractivity contribution in [1.29, 1.82) is 0 Å².